The molecule has 0 rings (SSSR count). The lowest BCUT2D eigenvalue weighted by Crippen LogP contribution is -1.97. The van der Waals surface area contributed by atoms with Crippen LogP contribution < -0.4 is 0 Å². The molecule has 0 aromatic rings. The normalized spacial score (nSPS) is 13.0. The Hall–Kier alpha value is 0. The van der Waals surface area contributed by atoms with Crippen LogP contribution in [-0.2, 0) is 0 Å². The summed E-state index contributed by atoms with van der Waals surface area (Å²) in [4.78, 5) is 0. The molecule has 0 heterocycles. The maximum absolute atomic E-state index is 2.32. The van der Waals surface area contributed by atoms with Crippen LogP contribution in [0.1, 0.15) is 48.0 Å². The first-order valence-electron chi connectivity index (χ1n) is 3.66. The highest BCUT2D eigenvalue weighted by Crippen LogP contribution is 2.12. The highest BCUT2D eigenvalue weighted by atomic mass is 14.1. The molecule has 0 radical (unpaired) electrons. The van der Waals surface area contributed by atoms with Crippen LogP contribution >= 0.6 is 0 Å². The Balaban J connectivity index is 0. The van der Waals surface area contributed by atoms with Crippen LogP contribution in [0.4, 0.5) is 0 Å². The molecule has 0 aliphatic heterocycles. The molecule has 0 aromatic carbocycles. The Morgan fingerprint density at radius 2 is 1.56 bits per heavy atom. The molecule has 0 spiro atoms. The zero-order valence-corrected chi connectivity index (χ0v) is 6.57. The third-order valence-corrected chi connectivity index (χ3v) is 1.57. The molecule has 58 valence electrons. The van der Waals surface area contributed by atoms with Crippen molar-refractivity contribution in [3.8, 4) is 0 Å². The molecule has 1 unspecified atom stereocenters. The summed E-state index contributed by atoms with van der Waals surface area (Å²) < 4.78 is 0. The minimum atomic E-state index is 0. The van der Waals surface area contributed by atoms with Crippen molar-refractivity contribution in [2.45, 2.75) is 48.0 Å². The van der Waals surface area contributed by atoms with E-state index >= 15 is 0 Å². The van der Waals surface area contributed by atoms with Crippen molar-refractivity contribution < 1.29 is 0 Å². The van der Waals surface area contributed by atoms with Crippen molar-refractivity contribution in [2.75, 3.05) is 0 Å². The monoisotopic (exact) mass is 130 g/mol. The summed E-state index contributed by atoms with van der Waals surface area (Å²) in [7, 11) is 0. The first-order chi connectivity index (χ1) is 3.66. The molecule has 0 aliphatic carbocycles. The van der Waals surface area contributed by atoms with Gasteiger partial charge in [0.1, 0.15) is 0 Å². The summed E-state index contributed by atoms with van der Waals surface area (Å²) >= 11 is 0. The Labute approximate surface area is 60.7 Å². The van der Waals surface area contributed by atoms with Crippen molar-refractivity contribution in [3.05, 3.63) is 0 Å². The standard InChI is InChI=1S/C8H18.CH4/c1-5-8(4)6-7(2)3;/h7-8H,5-6H2,1-4H3;1H4. The van der Waals surface area contributed by atoms with Crippen LogP contribution in [0.15, 0.2) is 0 Å². The molecule has 0 fully saturated rings. The Kier molecular flexibility index (Phi) is 8.00. The fourth-order valence-corrected chi connectivity index (χ4v) is 0.971. The molecule has 1 atom stereocenters. The van der Waals surface area contributed by atoms with Gasteiger partial charge in [-0.05, 0) is 18.3 Å². The van der Waals surface area contributed by atoms with Gasteiger partial charge in [-0.1, -0.05) is 41.5 Å². The lowest BCUT2D eigenvalue weighted by atomic mass is 9.97. The van der Waals surface area contributed by atoms with Crippen LogP contribution in [0.25, 0.3) is 0 Å². The van der Waals surface area contributed by atoms with E-state index in [1.807, 2.05) is 0 Å². The first kappa shape index (κ1) is 11.8. The predicted molar refractivity (Wildman–Crippen MR) is 45.6 cm³/mol. The molecule has 0 N–H and O–H groups in total. The topological polar surface area (TPSA) is 0 Å². The third-order valence-electron chi connectivity index (χ3n) is 1.57. The van der Waals surface area contributed by atoms with Crippen LogP contribution in [-0.4, -0.2) is 0 Å². The van der Waals surface area contributed by atoms with Crippen LogP contribution in [0.3, 0.4) is 0 Å². The van der Waals surface area contributed by atoms with Crippen LogP contribution in [0.2, 0.25) is 0 Å². The zero-order chi connectivity index (χ0) is 6.57. The maximum Gasteiger partial charge on any atom is -0.0443 e. The molecule has 0 bridgehead atoms. The molecule has 9 heavy (non-hydrogen) atoms. The molecular weight excluding hydrogens is 108 g/mol. The van der Waals surface area contributed by atoms with Crippen LogP contribution in [0.5, 0.6) is 0 Å². The van der Waals surface area contributed by atoms with Gasteiger partial charge < -0.3 is 0 Å². The zero-order valence-electron chi connectivity index (χ0n) is 6.57. The lowest BCUT2D eigenvalue weighted by molar-refractivity contribution is 0.429. The lowest BCUT2D eigenvalue weighted by Gasteiger charge is -2.09. The van der Waals surface area contributed by atoms with E-state index in [1.165, 1.54) is 12.8 Å². The second-order valence-corrected chi connectivity index (χ2v) is 3.14. The maximum atomic E-state index is 2.32. The summed E-state index contributed by atoms with van der Waals surface area (Å²) in [6, 6.07) is 0. The summed E-state index contributed by atoms with van der Waals surface area (Å²) in [6.07, 6.45) is 2.72. The van der Waals surface area contributed by atoms with Gasteiger partial charge in [0.2, 0.25) is 0 Å². The van der Waals surface area contributed by atoms with E-state index in [1.54, 1.807) is 0 Å². The third kappa shape index (κ3) is 8.00. The predicted octanol–water partition coefficient (Wildman–Crippen LogP) is 3.71. The van der Waals surface area contributed by atoms with Gasteiger partial charge in [-0.3, -0.25) is 0 Å². The second-order valence-electron chi connectivity index (χ2n) is 3.14. The van der Waals surface area contributed by atoms with Gasteiger partial charge in [0.25, 0.3) is 0 Å². The highest BCUT2D eigenvalue weighted by molar-refractivity contribution is 4.52. The summed E-state index contributed by atoms with van der Waals surface area (Å²) in [5.74, 6) is 1.81. The fourth-order valence-electron chi connectivity index (χ4n) is 0.971. The van der Waals surface area contributed by atoms with Crippen molar-refractivity contribution in [1.29, 1.82) is 0 Å². The van der Waals surface area contributed by atoms with E-state index in [0.29, 0.717) is 0 Å². The van der Waals surface area contributed by atoms with Gasteiger partial charge in [-0.25, -0.2) is 0 Å². The van der Waals surface area contributed by atoms with Gasteiger partial charge >= 0.3 is 0 Å². The fraction of sp³-hybridized carbons (Fsp3) is 1.00. The van der Waals surface area contributed by atoms with Crippen molar-refractivity contribution in [3.63, 3.8) is 0 Å². The quantitative estimate of drug-likeness (QED) is 0.546. The largest absolute Gasteiger partial charge is 0.0776 e. The van der Waals surface area contributed by atoms with E-state index in [9.17, 15) is 0 Å². The Bertz CT molecular complexity index is 46.0. The highest BCUT2D eigenvalue weighted by Gasteiger charge is 2.00. The molecule has 0 saturated heterocycles. The van der Waals surface area contributed by atoms with E-state index in [2.05, 4.69) is 27.7 Å². The smallest absolute Gasteiger partial charge is 0.0443 e. The second kappa shape index (κ2) is 6.12. The van der Waals surface area contributed by atoms with Gasteiger partial charge in [-0.15, -0.1) is 0 Å². The molecule has 0 heteroatoms. The van der Waals surface area contributed by atoms with Crippen molar-refractivity contribution >= 4 is 0 Å². The molecule has 0 saturated carbocycles. The average Bonchev–Trinajstić information content (AvgIpc) is 1.65. The van der Waals surface area contributed by atoms with Gasteiger partial charge in [0.15, 0.2) is 0 Å². The van der Waals surface area contributed by atoms with Gasteiger partial charge in [-0.2, -0.15) is 0 Å². The van der Waals surface area contributed by atoms with E-state index in [0.717, 1.165) is 11.8 Å². The minimum absolute atomic E-state index is 0. The first-order valence-corrected chi connectivity index (χ1v) is 3.66. The number of hydrogen-bond donors (Lipinski definition) is 0. The summed E-state index contributed by atoms with van der Waals surface area (Å²) in [5.41, 5.74) is 0. The molecule has 0 amide bonds. The Morgan fingerprint density at radius 1 is 1.11 bits per heavy atom. The molecule has 0 aliphatic rings. The van der Waals surface area contributed by atoms with Gasteiger partial charge in [0, 0.05) is 0 Å². The summed E-state index contributed by atoms with van der Waals surface area (Å²) in [6.45, 7) is 9.14. The average molecular weight is 130 g/mol. The minimum Gasteiger partial charge on any atom is -0.0776 e. The SMILES string of the molecule is C.CCC(C)CC(C)C. The van der Waals surface area contributed by atoms with Gasteiger partial charge in [0.05, 0.1) is 0 Å². The number of hydrogen-bond acceptors (Lipinski definition) is 0. The van der Waals surface area contributed by atoms with Crippen molar-refractivity contribution in [1.82, 2.24) is 0 Å². The van der Waals surface area contributed by atoms with E-state index in [4.69, 9.17) is 0 Å². The van der Waals surface area contributed by atoms with E-state index in [-0.39, 0.29) is 7.43 Å². The number of rotatable bonds is 3. The molecule has 0 nitrogen and oxygen atoms in total. The molecule has 0 aromatic heterocycles. The van der Waals surface area contributed by atoms with E-state index < -0.39 is 0 Å². The van der Waals surface area contributed by atoms with Crippen LogP contribution in [0, 0.1) is 11.8 Å². The molecular formula is C9H22. The Morgan fingerprint density at radius 3 is 1.67 bits per heavy atom. The van der Waals surface area contributed by atoms with Crippen molar-refractivity contribution in [2.24, 2.45) is 11.8 Å². The summed E-state index contributed by atoms with van der Waals surface area (Å²) in [5, 5.41) is 0.